The van der Waals surface area contributed by atoms with Crippen molar-refractivity contribution in [1.82, 2.24) is 4.98 Å². The zero-order chi connectivity index (χ0) is 14.9. The van der Waals surface area contributed by atoms with Gasteiger partial charge in [-0.05, 0) is 18.2 Å². The number of rotatable bonds is 3. The van der Waals surface area contributed by atoms with Crippen LogP contribution in [0, 0.1) is 0 Å². The Kier molecular flexibility index (Phi) is 4.30. The van der Waals surface area contributed by atoms with Gasteiger partial charge in [0.2, 0.25) is 0 Å². The number of Topliss-reactive ketones (excluding diaryl/α,β-unsaturated/α-hetero) is 1. The molecule has 0 spiro atoms. The second kappa shape index (κ2) is 5.66. The smallest absolute Gasteiger partial charge is 0.170 e. The second-order valence-electron chi connectivity index (χ2n) is 5.72. The zero-order valence-corrected chi connectivity index (χ0v) is 14.1. The van der Waals surface area contributed by atoms with Gasteiger partial charge in [0.1, 0.15) is 5.01 Å². The number of hydrogen-bond acceptors (Lipinski definition) is 4. The maximum absolute atomic E-state index is 12.3. The third-order valence-corrected chi connectivity index (χ3v) is 4.46. The number of carbonyl (C=O) groups is 1. The third-order valence-electron chi connectivity index (χ3n) is 2.92. The van der Waals surface area contributed by atoms with Gasteiger partial charge in [0.05, 0.1) is 12.1 Å². The molecule has 0 saturated carbocycles. The summed E-state index contributed by atoms with van der Waals surface area (Å²) < 4.78 is 0.768. The van der Waals surface area contributed by atoms with Gasteiger partial charge < -0.3 is 5.73 Å². The summed E-state index contributed by atoms with van der Waals surface area (Å²) >= 11 is 4.92. The Morgan fingerprint density at radius 1 is 1.40 bits per heavy atom. The summed E-state index contributed by atoms with van der Waals surface area (Å²) in [6.07, 6.45) is 0.308. The van der Waals surface area contributed by atoms with Crippen LogP contribution in [0.3, 0.4) is 0 Å². The summed E-state index contributed by atoms with van der Waals surface area (Å²) in [5, 5.41) is 2.87. The maximum atomic E-state index is 12.3. The maximum Gasteiger partial charge on any atom is 0.170 e. The van der Waals surface area contributed by atoms with Crippen molar-refractivity contribution in [3.8, 4) is 0 Å². The molecular weight excluding hydrogens is 336 g/mol. The van der Waals surface area contributed by atoms with Crippen LogP contribution in [-0.4, -0.2) is 10.8 Å². The van der Waals surface area contributed by atoms with E-state index in [2.05, 4.69) is 41.7 Å². The van der Waals surface area contributed by atoms with E-state index in [-0.39, 0.29) is 11.2 Å². The molecule has 0 amide bonds. The molecule has 2 rings (SSSR count). The Morgan fingerprint density at radius 2 is 2.10 bits per heavy atom. The molecule has 5 heteroatoms. The highest BCUT2D eigenvalue weighted by Crippen LogP contribution is 2.26. The molecule has 1 heterocycles. The van der Waals surface area contributed by atoms with Crippen LogP contribution in [0.2, 0.25) is 0 Å². The minimum Gasteiger partial charge on any atom is -0.399 e. The molecule has 20 heavy (non-hydrogen) atoms. The molecule has 1 aromatic carbocycles. The van der Waals surface area contributed by atoms with Gasteiger partial charge in [-0.25, -0.2) is 4.98 Å². The summed E-state index contributed by atoms with van der Waals surface area (Å²) in [6, 6.07) is 5.26. The van der Waals surface area contributed by atoms with E-state index in [1.807, 2.05) is 5.38 Å². The van der Waals surface area contributed by atoms with Gasteiger partial charge in [-0.2, -0.15) is 0 Å². The van der Waals surface area contributed by atoms with Crippen LogP contribution < -0.4 is 5.73 Å². The van der Waals surface area contributed by atoms with Crippen LogP contribution in [0.25, 0.3) is 0 Å². The molecular formula is C15H17BrN2OS. The average molecular weight is 353 g/mol. The lowest BCUT2D eigenvalue weighted by atomic mass is 9.93. The quantitative estimate of drug-likeness (QED) is 0.664. The predicted molar refractivity (Wildman–Crippen MR) is 87.4 cm³/mol. The summed E-state index contributed by atoms with van der Waals surface area (Å²) in [7, 11) is 0. The first-order valence-corrected chi connectivity index (χ1v) is 7.98. The molecule has 0 unspecified atom stereocenters. The normalized spacial score (nSPS) is 11.6. The highest BCUT2D eigenvalue weighted by Gasteiger charge is 2.19. The van der Waals surface area contributed by atoms with Crippen LogP contribution in [0.4, 0.5) is 5.69 Å². The fraction of sp³-hybridized carbons (Fsp3) is 0.333. The lowest BCUT2D eigenvalue weighted by molar-refractivity contribution is 0.0992. The van der Waals surface area contributed by atoms with Gasteiger partial charge in [0, 0.05) is 26.5 Å². The predicted octanol–water partition coefficient (Wildman–Crippen LogP) is 4.21. The molecule has 0 aliphatic heterocycles. The fourth-order valence-electron chi connectivity index (χ4n) is 1.73. The largest absolute Gasteiger partial charge is 0.399 e. The van der Waals surface area contributed by atoms with Crippen molar-refractivity contribution in [3.05, 3.63) is 44.3 Å². The van der Waals surface area contributed by atoms with Crippen molar-refractivity contribution >= 4 is 38.7 Å². The topological polar surface area (TPSA) is 56.0 Å². The van der Waals surface area contributed by atoms with Gasteiger partial charge >= 0.3 is 0 Å². The Labute approximate surface area is 131 Å². The number of hydrogen-bond donors (Lipinski definition) is 1. The van der Waals surface area contributed by atoms with Gasteiger partial charge in [-0.1, -0.05) is 36.7 Å². The number of ketones is 1. The van der Waals surface area contributed by atoms with Crippen molar-refractivity contribution in [2.75, 3.05) is 5.73 Å². The number of thiazole rings is 1. The molecule has 0 bridgehead atoms. The van der Waals surface area contributed by atoms with Crippen molar-refractivity contribution < 1.29 is 4.79 Å². The van der Waals surface area contributed by atoms with E-state index < -0.39 is 0 Å². The minimum atomic E-state index is 0.00948. The summed E-state index contributed by atoms with van der Waals surface area (Å²) in [5.74, 6) is 0.0268. The number of anilines is 1. The van der Waals surface area contributed by atoms with E-state index in [1.54, 1.807) is 18.2 Å². The Morgan fingerprint density at radius 3 is 2.70 bits per heavy atom. The fourth-order valence-corrected chi connectivity index (χ4v) is 3.21. The number of nitrogen functional groups attached to an aromatic ring is 1. The highest BCUT2D eigenvalue weighted by atomic mass is 79.9. The third kappa shape index (κ3) is 3.46. The number of nitrogens with zero attached hydrogens (tertiary/aromatic N) is 1. The van der Waals surface area contributed by atoms with E-state index >= 15 is 0 Å². The molecule has 0 radical (unpaired) electrons. The van der Waals surface area contributed by atoms with Crippen LogP contribution in [0.1, 0.15) is 41.8 Å². The lowest BCUT2D eigenvalue weighted by Gasteiger charge is -2.14. The van der Waals surface area contributed by atoms with Crippen LogP contribution in [0.15, 0.2) is 28.1 Å². The second-order valence-corrected chi connectivity index (χ2v) is 7.51. The Hall–Kier alpha value is -1.20. The van der Waals surface area contributed by atoms with E-state index in [0.29, 0.717) is 17.7 Å². The molecule has 1 aromatic heterocycles. The molecule has 0 aliphatic rings. The first-order chi connectivity index (χ1) is 9.27. The van der Waals surface area contributed by atoms with Gasteiger partial charge in [0.15, 0.2) is 5.78 Å². The van der Waals surface area contributed by atoms with Gasteiger partial charge in [-0.3, -0.25) is 4.79 Å². The van der Waals surface area contributed by atoms with Crippen LogP contribution >= 0.6 is 27.3 Å². The SMILES string of the molecule is CC(C)(C)c1csc(CC(=O)c2cc(N)ccc2Br)n1. The summed E-state index contributed by atoms with van der Waals surface area (Å²) in [6.45, 7) is 6.34. The van der Waals surface area contributed by atoms with E-state index in [4.69, 9.17) is 5.73 Å². The molecule has 106 valence electrons. The minimum absolute atomic E-state index is 0.00948. The lowest BCUT2D eigenvalue weighted by Crippen LogP contribution is -2.12. The summed E-state index contributed by atoms with van der Waals surface area (Å²) in [4.78, 5) is 16.9. The molecule has 2 N–H and O–H groups in total. The van der Waals surface area contributed by atoms with Gasteiger partial charge in [-0.15, -0.1) is 11.3 Å². The number of carbonyl (C=O) groups excluding carboxylic acids is 1. The molecule has 3 nitrogen and oxygen atoms in total. The summed E-state index contributed by atoms with van der Waals surface area (Å²) in [5.41, 5.74) is 7.97. The number of nitrogens with two attached hydrogens (primary N) is 1. The van der Waals surface area contributed by atoms with Crippen molar-refractivity contribution in [2.45, 2.75) is 32.6 Å². The molecule has 2 aromatic rings. The monoisotopic (exact) mass is 352 g/mol. The van der Waals surface area contributed by atoms with E-state index in [1.165, 1.54) is 11.3 Å². The standard InChI is InChI=1S/C15H17BrN2OS/c1-15(2,3)13-8-20-14(18-13)7-12(19)10-6-9(17)4-5-11(10)16/h4-6,8H,7,17H2,1-3H3. The number of halogens is 1. The number of benzene rings is 1. The Bertz CT molecular complexity index is 644. The zero-order valence-electron chi connectivity index (χ0n) is 11.7. The molecule has 0 fully saturated rings. The molecule has 0 aliphatic carbocycles. The Balaban J connectivity index is 2.20. The van der Waals surface area contributed by atoms with Crippen LogP contribution in [0.5, 0.6) is 0 Å². The van der Waals surface area contributed by atoms with Crippen LogP contribution in [-0.2, 0) is 11.8 Å². The van der Waals surface area contributed by atoms with Crippen molar-refractivity contribution in [1.29, 1.82) is 0 Å². The molecule has 0 atom stereocenters. The average Bonchev–Trinajstić information content (AvgIpc) is 2.80. The highest BCUT2D eigenvalue weighted by molar-refractivity contribution is 9.10. The van der Waals surface area contributed by atoms with Gasteiger partial charge in [0.25, 0.3) is 0 Å². The first kappa shape index (κ1) is 15.2. The molecule has 0 saturated heterocycles. The number of aromatic nitrogens is 1. The van der Waals surface area contributed by atoms with Crippen molar-refractivity contribution in [2.24, 2.45) is 0 Å². The van der Waals surface area contributed by atoms with Crippen molar-refractivity contribution in [3.63, 3.8) is 0 Å². The van der Waals surface area contributed by atoms with E-state index in [9.17, 15) is 4.79 Å². The first-order valence-electron chi connectivity index (χ1n) is 6.30. The van der Waals surface area contributed by atoms with E-state index in [0.717, 1.165) is 15.2 Å².